The molecule has 60 heavy (non-hydrogen) atoms. The summed E-state index contributed by atoms with van der Waals surface area (Å²) in [5, 5.41) is 0. The first kappa shape index (κ1) is 58.4. The van der Waals surface area contributed by atoms with Gasteiger partial charge < -0.3 is 14.2 Å². The molecule has 6 heteroatoms. The summed E-state index contributed by atoms with van der Waals surface area (Å²) >= 11 is 0. The number of esters is 3. The summed E-state index contributed by atoms with van der Waals surface area (Å²) in [4.78, 5) is 38.0. The van der Waals surface area contributed by atoms with E-state index in [1.807, 2.05) is 0 Å². The van der Waals surface area contributed by atoms with Gasteiger partial charge in [0, 0.05) is 19.3 Å². The third-order valence-corrected chi connectivity index (χ3v) is 12.1. The Labute approximate surface area is 374 Å². The summed E-state index contributed by atoms with van der Waals surface area (Å²) in [5.41, 5.74) is 0. The fraction of sp³-hybridized carbons (Fsp3) is 0.944. The van der Waals surface area contributed by atoms with Gasteiger partial charge >= 0.3 is 17.9 Å². The molecule has 0 unspecified atom stereocenters. The highest BCUT2D eigenvalue weighted by atomic mass is 16.6. The van der Waals surface area contributed by atoms with Crippen molar-refractivity contribution in [3.05, 3.63) is 0 Å². The maximum atomic E-state index is 12.8. The molecule has 0 aromatic heterocycles. The van der Waals surface area contributed by atoms with Crippen molar-refractivity contribution in [3.8, 4) is 0 Å². The van der Waals surface area contributed by atoms with E-state index < -0.39 is 6.10 Å². The van der Waals surface area contributed by atoms with Crippen LogP contribution in [0.3, 0.4) is 0 Å². The molecule has 0 fully saturated rings. The lowest BCUT2D eigenvalue weighted by atomic mass is 10.0. The maximum absolute atomic E-state index is 12.8. The second-order valence-corrected chi connectivity index (χ2v) is 19.9. The average molecular weight is 849 g/mol. The van der Waals surface area contributed by atoms with E-state index in [2.05, 4.69) is 41.5 Å². The van der Waals surface area contributed by atoms with Crippen LogP contribution in [0.15, 0.2) is 0 Å². The Bertz CT molecular complexity index is 929. The molecule has 0 saturated heterocycles. The molecular formula is C54H104O6. The van der Waals surface area contributed by atoms with Gasteiger partial charge in [0.1, 0.15) is 13.2 Å². The van der Waals surface area contributed by atoms with Crippen LogP contribution < -0.4 is 0 Å². The summed E-state index contributed by atoms with van der Waals surface area (Å²) in [7, 11) is 0. The predicted molar refractivity (Wildman–Crippen MR) is 256 cm³/mol. The van der Waals surface area contributed by atoms with Crippen LogP contribution in [0.5, 0.6) is 0 Å². The zero-order valence-corrected chi connectivity index (χ0v) is 41.3. The molecule has 0 aromatic carbocycles. The minimum absolute atomic E-state index is 0.0647. The summed E-state index contributed by atoms with van der Waals surface area (Å²) in [5.74, 6) is 1.61. The molecular weight excluding hydrogens is 745 g/mol. The van der Waals surface area contributed by atoms with Crippen molar-refractivity contribution >= 4 is 17.9 Å². The number of unbranched alkanes of at least 4 members (excludes halogenated alkanes) is 30. The topological polar surface area (TPSA) is 78.9 Å². The Kier molecular flexibility index (Phi) is 44.2. The fourth-order valence-corrected chi connectivity index (χ4v) is 8.12. The molecule has 0 N–H and O–H groups in total. The van der Waals surface area contributed by atoms with E-state index in [1.54, 1.807) is 0 Å². The van der Waals surface area contributed by atoms with E-state index in [0.717, 1.165) is 75.5 Å². The van der Waals surface area contributed by atoms with E-state index in [1.165, 1.54) is 173 Å². The van der Waals surface area contributed by atoms with Crippen molar-refractivity contribution in [1.29, 1.82) is 0 Å². The molecule has 356 valence electrons. The van der Waals surface area contributed by atoms with Gasteiger partial charge in [0.25, 0.3) is 0 Å². The van der Waals surface area contributed by atoms with Crippen LogP contribution in [0.2, 0.25) is 0 Å². The molecule has 0 bridgehead atoms. The van der Waals surface area contributed by atoms with Gasteiger partial charge in [-0.25, -0.2) is 0 Å². The van der Waals surface area contributed by atoms with Gasteiger partial charge in [0.15, 0.2) is 6.10 Å². The Morgan fingerprint density at radius 3 is 0.717 bits per heavy atom. The lowest BCUT2D eigenvalue weighted by Crippen LogP contribution is -2.30. The quantitative estimate of drug-likeness (QED) is 0.0345. The lowest BCUT2D eigenvalue weighted by Gasteiger charge is -2.18. The number of carbonyl (C=O) groups excluding carboxylic acids is 3. The molecule has 0 aromatic rings. The summed E-state index contributed by atoms with van der Waals surface area (Å²) in [6.07, 6.45) is 45.3. The van der Waals surface area contributed by atoms with E-state index in [9.17, 15) is 14.4 Å². The Morgan fingerprint density at radius 2 is 0.483 bits per heavy atom. The third kappa shape index (κ3) is 47.5. The first-order valence-electron chi connectivity index (χ1n) is 26.6. The molecule has 0 spiro atoms. The smallest absolute Gasteiger partial charge is 0.306 e. The largest absolute Gasteiger partial charge is 0.462 e. The SMILES string of the molecule is CC(C)CCCCCCCCCCCCCCCC(=O)OC[C@@H](COC(=O)CCCCCCCCCC(C)C)OC(=O)CCCCCCCCCCCCCCCC(C)C. The molecule has 0 saturated carbocycles. The number of rotatable bonds is 47. The van der Waals surface area contributed by atoms with Crippen molar-refractivity contribution in [2.24, 2.45) is 17.8 Å². The summed E-state index contributed by atoms with van der Waals surface area (Å²) < 4.78 is 16.8. The van der Waals surface area contributed by atoms with E-state index >= 15 is 0 Å². The first-order chi connectivity index (χ1) is 29.1. The standard InChI is InChI=1S/C54H104O6/c1-48(2)40-34-28-22-17-13-9-7-11-15-19-25-31-37-43-52(55)58-46-51(47-59-53(56)44-38-32-27-21-24-30-36-42-50(5)6)60-54(57)45-39-33-26-20-16-12-8-10-14-18-23-29-35-41-49(3)4/h48-51H,7-47H2,1-6H3/t51-/m0/s1. The minimum atomic E-state index is -0.763. The maximum Gasteiger partial charge on any atom is 0.306 e. The van der Waals surface area contributed by atoms with Gasteiger partial charge in [-0.1, -0.05) is 253 Å². The van der Waals surface area contributed by atoms with Gasteiger partial charge in [-0.15, -0.1) is 0 Å². The van der Waals surface area contributed by atoms with Crippen molar-refractivity contribution in [3.63, 3.8) is 0 Å². The average Bonchev–Trinajstić information content (AvgIpc) is 3.20. The van der Waals surface area contributed by atoms with Crippen molar-refractivity contribution in [2.45, 2.75) is 298 Å². The van der Waals surface area contributed by atoms with Crippen molar-refractivity contribution in [2.75, 3.05) is 13.2 Å². The molecule has 6 nitrogen and oxygen atoms in total. The van der Waals surface area contributed by atoms with Crippen LogP contribution in [-0.2, 0) is 28.6 Å². The second kappa shape index (κ2) is 45.4. The van der Waals surface area contributed by atoms with Crippen molar-refractivity contribution in [1.82, 2.24) is 0 Å². The van der Waals surface area contributed by atoms with Gasteiger partial charge in [-0.05, 0) is 37.0 Å². The highest BCUT2D eigenvalue weighted by Gasteiger charge is 2.19. The number of ether oxygens (including phenoxy) is 3. The molecule has 0 aliphatic rings. The number of hydrogen-bond donors (Lipinski definition) is 0. The van der Waals surface area contributed by atoms with Gasteiger partial charge in [0.2, 0.25) is 0 Å². The van der Waals surface area contributed by atoms with Gasteiger partial charge in [-0.3, -0.25) is 14.4 Å². The number of hydrogen-bond acceptors (Lipinski definition) is 6. The molecule has 0 aliphatic carbocycles. The van der Waals surface area contributed by atoms with Crippen LogP contribution in [0, 0.1) is 17.8 Å². The summed E-state index contributed by atoms with van der Waals surface area (Å²) in [6.45, 7) is 13.7. The van der Waals surface area contributed by atoms with E-state index in [4.69, 9.17) is 14.2 Å². The van der Waals surface area contributed by atoms with E-state index in [0.29, 0.717) is 19.3 Å². The fourth-order valence-electron chi connectivity index (χ4n) is 8.12. The molecule has 0 amide bonds. The Balaban J connectivity index is 4.28. The molecule has 0 aliphatic heterocycles. The van der Waals surface area contributed by atoms with Gasteiger partial charge in [-0.2, -0.15) is 0 Å². The highest BCUT2D eigenvalue weighted by Crippen LogP contribution is 2.18. The van der Waals surface area contributed by atoms with Crippen LogP contribution in [0.1, 0.15) is 292 Å². The normalized spacial score (nSPS) is 12.2. The van der Waals surface area contributed by atoms with Crippen LogP contribution in [0.25, 0.3) is 0 Å². The van der Waals surface area contributed by atoms with Crippen LogP contribution in [0.4, 0.5) is 0 Å². The second-order valence-electron chi connectivity index (χ2n) is 19.9. The molecule has 0 heterocycles. The monoisotopic (exact) mass is 849 g/mol. The molecule has 1 atom stereocenters. The summed E-state index contributed by atoms with van der Waals surface area (Å²) in [6, 6.07) is 0. The first-order valence-corrected chi connectivity index (χ1v) is 26.6. The van der Waals surface area contributed by atoms with E-state index in [-0.39, 0.29) is 31.1 Å². The number of carbonyl (C=O) groups is 3. The molecule has 0 radical (unpaired) electrons. The third-order valence-electron chi connectivity index (χ3n) is 12.1. The lowest BCUT2D eigenvalue weighted by molar-refractivity contribution is -0.167. The zero-order chi connectivity index (χ0) is 44.2. The van der Waals surface area contributed by atoms with Crippen LogP contribution in [-0.4, -0.2) is 37.2 Å². The Morgan fingerprint density at radius 1 is 0.283 bits per heavy atom. The molecule has 0 rings (SSSR count). The van der Waals surface area contributed by atoms with Crippen molar-refractivity contribution < 1.29 is 28.6 Å². The highest BCUT2D eigenvalue weighted by molar-refractivity contribution is 5.71. The van der Waals surface area contributed by atoms with Gasteiger partial charge in [0.05, 0.1) is 0 Å². The minimum Gasteiger partial charge on any atom is -0.462 e. The Hall–Kier alpha value is -1.59. The van der Waals surface area contributed by atoms with Crippen LogP contribution >= 0.6 is 0 Å². The zero-order valence-electron chi connectivity index (χ0n) is 41.3. The predicted octanol–water partition coefficient (Wildman–Crippen LogP) is 17.2.